The van der Waals surface area contributed by atoms with E-state index in [1.807, 2.05) is 4.90 Å². The van der Waals surface area contributed by atoms with Crippen molar-refractivity contribution in [2.24, 2.45) is 0 Å². The Bertz CT molecular complexity index is 765. The zero-order chi connectivity index (χ0) is 18.5. The highest BCUT2D eigenvalue weighted by molar-refractivity contribution is 5.74. The normalized spacial score (nSPS) is 15.1. The van der Waals surface area contributed by atoms with E-state index in [0.29, 0.717) is 38.4 Å². The largest absolute Gasteiger partial charge is 0.395 e. The minimum Gasteiger partial charge on any atom is -0.395 e. The van der Waals surface area contributed by atoms with E-state index in [9.17, 15) is 14.5 Å². The monoisotopic (exact) mass is 362 g/mol. The third-order valence-electron chi connectivity index (χ3n) is 4.18. The molecule has 10 heteroatoms. The van der Waals surface area contributed by atoms with Crippen LogP contribution in [-0.4, -0.2) is 64.2 Å². The van der Waals surface area contributed by atoms with E-state index in [1.165, 1.54) is 30.6 Å². The lowest BCUT2D eigenvalue weighted by Crippen LogP contribution is -2.47. The number of halogens is 1. The van der Waals surface area contributed by atoms with Crippen molar-refractivity contribution in [3.05, 3.63) is 46.5 Å². The van der Waals surface area contributed by atoms with Gasteiger partial charge < -0.3 is 15.3 Å². The van der Waals surface area contributed by atoms with Crippen LogP contribution in [0.2, 0.25) is 0 Å². The van der Waals surface area contributed by atoms with Crippen LogP contribution in [0.25, 0.3) is 0 Å². The Balaban J connectivity index is 1.85. The second-order valence-electron chi connectivity index (χ2n) is 5.84. The van der Waals surface area contributed by atoms with Crippen LogP contribution >= 0.6 is 0 Å². The number of hydrogen-bond acceptors (Lipinski definition) is 8. The van der Waals surface area contributed by atoms with E-state index in [0.717, 1.165) is 0 Å². The van der Waals surface area contributed by atoms with Gasteiger partial charge in [0.1, 0.15) is 12.1 Å². The topological polar surface area (TPSA) is 108 Å². The minimum absolute atomic E-state index is 0.0596. The maximum Gasteiger partial charge on any atom is 0.353 e. The predicted octanol–water partition coefficient (Wildman–Crippen LogP) is 1.38. The summed E-state index contributed by atoms with van der Waals surface area (Å²) in [6.07, 6.45) is 1.27. The van der Waals surface area contributed by atoms with Crippen LogP contribution in [0.5, 0.6) is 0 Å². The van der Waals surface area contributed by atoms with Gasteiger partial charge in [-0.25, -0.2) is 14.4 Å². The molecule has 138 valence electrons. The first-order valence-corrected chi connectivity index (χ1v) is 8.18. The maximum absolute atomic E-state index is 13.0. The van der Waals surface area contributed by atoms with Crippen molar-refractivity contribution >= 4 is 23.0 Å². The van der Waals surface area contributed by atoms with Crippen molar-refractivity contribution in [3.63, 3.8) is 0 Å². The van der Waals surface area contributed by atoms with Crippen LogP contribution in [0, 0.1) is 15.9 Å². The zero-order valence-corrected chi connectivity index (χ0v) is 14.0. The molecule has 0 radical (unpaired) electrons. The number of anilines is 3. The molecule has 2 heterocycles. The van der Waals surface area contributed by atoms with Gasteiger partial charge in [-0.05, 0) is 24.3 Å². The average molecular weight is 362 g/mol. The number of aliphatic hydroxyl groups is 1. The fraction of sp³-hybridized carbons (Fsp3) is 0.375. The van der Waals surface area contributed by atoms with Crippen LogP contribution in [0.3, 0.4) is 0 Å². The summed E-state index contributed by atoms with van der Waals surface area (Å²) in [5.41, 5.74) is 0.277. The highest BCUT2D eigenvalue weighted by Crippen LogP contribution is 2.33. The molecule has 2 N–H and O–H groups in total. The van der Waals surface area contributed by atoms with Crippen molar-refractivity contribution in [2.45, 2.75) is 0 Å². The Morgan fingerprint density at radius 1 is 1.19 bits per heavy atom. The van der Waals surface area contributed by atoms with E-state index in [-0.39, 0.29) is 23.9 Å². The second-order valence-corrected chi connectivity index (χ2v) is 5.84. The quantitative estimate of drug-likeness (QED) is 0.586. The molecule has 0 aliphatic carbocycles. The third kappa shape index (κ3) is 4.03. The SMILES string of the molecule is O=[N+]([O-])c1c(Nc2ccc(F)cc2)ncnc1N1CCN(CCO)CC1. The molecule has 26 heavy (non-hydrogen) atoms. The number of aliphatic hydroxyl groups excluding tert-OH is 1. The van der Waals surface area contributed by atoms with Gasteiger partial charge in [-0.3, -0.25) is 15.0 Å². The predicted molar refractivity (Wildman–Crippen MR) is 94.1 cm³/mol. The Morgan fingerprint density at radius 2 is 1.88 bits per heavy atom. The summed E-state index contributed by atoms with van der Waals surface area (Å²) in [6, 6.07) is 5.48. The van der Waals surface area contributed by atoms with Gasteiger partial charge in [0.05, 0.1) is 11.5 Å². The molecular weight excluding hydrogens is 343 g/mol. The lowest BCUT2D eigenvalue weighted by Gasteiger charge is -2.34. The lowest BCUT2D eigenvalue weighted by atomic mass is 10.2. The summed E-state index contributed by atoms with van der Waals surface area (Å²) in [6.45, 7) is 3.16. The number of rotatable bonds is 6. The number of hydrogen-bond donors (Lipinski definition) is 2. The molecule has 0 spiro atoms. The first kappa shape index (κ1) is 18.0. The van der Waals surface area contributed by atoms with Crippen LogP contribution < -0.4 is 10.2 Å². The van der Waals surface area contributed by atoms with Gasteiger partial charge in [-0.2, -0.15) is 0 Å². The van der Waals surface area contributed by atoms with Crippen molar-refractivity contribution in [1.29, 1.82) is 0 Å². The van der Waals surface area contributed by atoms with Gasteiger partial charge in [0.15, 0.2) is 0 Å². The van der Waals surface area contributed by atoms with Crippen molar-refractivity contribution < 1.29 is 14.4 Å². The fourth-order valence-electron chi connectivity index (χ4n) is 2.86. The summed E-state index contributed by atoms with van der Waals surface area (Å²) in [4.78, 5) is 23.2. The van der Waals surface area contributed by atoms with Crippen molar-refractivity contribution in [1.82, 2.24) is 14.9 Å². The molecule has 2 aromatic rings. The fourth-order valence-corrected chi connectivity index (χ4v) is 2.86. The van der Waals surface area contributed by atoms with Crippen LogP contribution in [-0.2, 0) is 0 Å². The van der Waals surface area contributed by atoms with Crippen LogP contribution in [0.4, 0.5) is 27.4 Å². The summed E-state index contributed by atoms with van der Waals surface area (Å²) in [5.74, 6) is -0.0863. The molecule has 0 bridgehead atoms. The molecular formula is C16H19FN6O3. The number of piperazine rings is 1. The van der Waals surface area contributed by atoms with E-state index < -0.39 is 10.7 Å². The smallest absolute Gasteiger partial charge is 0.353 e. The molecule has 3 rings (SSSR count). The average Bonchev–Trinajstić information content (AvgIpc) is 2.64. The molecule has 1 aromatic carbocycles. The Labute approximate surface area is 149 Å². The van der Waals surface area contributed by atoms with Gasteiger partial charge in [0, 0.05) is 38.4 Å². The van der Waals surface area contributed by atoms with Gasteiger partial charge >= 0.3 is 5.69 Å². The first-order chi connectivity index (χ1) is 12.6. The number of nitro groups is 1. The third-order valence-corrected chi connectivity index (χ3v) is 4.18. The van der Waals surface area contributed by atoms with E-state index in [4.69, 9.17) is 5.11 Å². The summed E-state index contributed by atoms with van der Waals surface area (Å²) >= 11 is 0. The maximum atomic E-state index is 13.0. The molecule has 1 fully saturated rings. The minimum atomic E-state index is -0.513. The molecule has 1 saturated heterocycles. The Hall–Kier alpha value is -2.85. The molecule has 1 aliphatic rings. The first-order valence-electron chi connectivity index (χ1n) is 8.18. The van der Waals surface area contributed by atoms with Crippen LogP contribution in [0.1, 0.15) is 0 Å². The number of nitrogens with zero attached hydrogens (tertiary/aromatic N) is 5. The molecule has 9 nitrogen and oxygen atoms in total. The summed E-state index contributed by atoms with van der Waals surface area (Å²) in [7, 11) is 0. The van der Waals surface area contributed by atoms with E-state index in [1.54, 1.807) is 0 Å². The number of aromatic nitrogens is 2. The number of nitrogens with one attached hydrogen (secondary N) is 1. The van der Waals surface area contributed by atoms with Crippen molar-refractivity contribution in [3.8, 4) is 0 Å². The highest BCUT2D eigenvalue weighted by Gasteiger charge is 2.29. The number of benzene rings is 1. The summed E-state index contributed by atoms with van der Waals surface area (Å²) < 4.78 is 13.0. The van der Waals surface area contributed by atoms with E-state index in [2.05, 4.69) is 20.2 Å². The van der Waals surface area contributed by atoms with E-state index >= 15 is 0 Å². The van der Waals surface area contributed by atoms with Gasteiger partial charge in [-0.1, -0.05) is 0 Å². The van der Waals surface area contributed by atoms with Crippen LogP contribution in [0.15, 0.2) is 30.6 Å². The molecule has 0 amide bonds. The zero-order valence-electron chi connectivity index (χ0n) is 14.0. The number of β-amino-alcohol motifs (C(OH)–C–C–N with tert-alkyl or cyclic N) is 1. The Morgan fingerprint density at radius 3 is 2.50 bits per heavy atom. The standard InChI is InChI=1S/C16H19FN6O3/c17-12-1-3-13(4-2-12)20-15-14(23(25)26)16(19-11-18-15)22-7-5-21(6-8-22)9-10-24/h1-4,11,24H,5-10H2,(H,18,19,20). The molecule has 0 saturated carbocycles. The Kier molecular flexibility index (Phi) is 5.54. The summed E-state index contributed by atoms with van der Waals surface area (Å²) in [5, 5.41) is 23.5. The van der Waals surface area contributed by atoms with Gasteiger partial charge in [0.2, 0.25) is 11.6 Å². The second kappa shape index (κ2) is 8.02. The molecule has 0 atom stereocenters. The lowest BCUT2D eigenvalue weighted by molar-refractivity contribution is -0.383. The van der Waals surface area contributed by atoms with Gasteiger partial charge in [-0.15, -0.1) is 0 Å². The highest BCUT2D eigenvalue weighted by atomic mass is 19.1. The molecule has 1 aromatic heterocycles. The van der Waals surface area contributed by atoms with Gasteiger partial charge in [0.25, 0.3) is 0 Å². The molecule has 0 unspecified atom stereocenters. The molecule has 1 aliphatic heterocycles. The van der Waals surface area contributed by atoms with Crippen molar-refractivity contribution in [2.75, 3.05) is 49.5 Å².